The molecule has 17 heavy (non-hydrogen) atoms. The predicted octanol–water partition coefficient (Wildman–Crippen LogP) is 1.44. The van der Waals surface area contributed by atoms with E-state index in [1.54, 1.807) is 7.11 Å². The first-order chi connectivity index (χ1) is 8.07. The van der Waals surface area contributed by atoms with Crippen LogP contribution in [0.3, 0.4) is 0 Å². The molecule has 0 amide bonds. The van der Waals surface area contributed by atoms with Crippen molar-refractivity contribution in [1.29, 1.82) is 0 Å². The number of aryl methyl sites for hydroxylation is 1. The molecule has 0 aliphatic heterocycles. The van der Waals surface area contributed by atoms with Crippen molar-refractivity contribution in [3.05, 3.63) is 23.8 Å². The van der Waals surface area contributed by atoms with Crippen molar-refractivity contribution in [3.8, 4) is 0 Å². The fourth-order valence-electron chi connectivity index (χ4n) is 1.81. The monoisotopic (exact) mass is 255 g/mol. The lowest BCUT2D eigenvalue weighted by molar-refractivity contribution is 0.102. The van der Waals surface area contributed by atoms with E-state index < -0.39 is 8.80 Å². The number of nitrogens with two attached hydrogens (primary N) is 1. The Morgan fingerprint density at radius 3 is 2.12 bits per heavy atom. The summed E-state index contributed by atoms with van der Waals surface area (Å²) in [5.74, 6) is 0. The standard InChI is InChI=1S/C12H21NO3Si/c1-5-15-17(14-4,16-6-2)12-8-10(3)7-11(13)9-12/h7-9H,5-6,13H2,1-4H3. The van der Waals surface area contributed by atoms with Crippen LogP contribution in [0, 0.1) is 6.92 Å². The molecule has 2 N–H and O–H groups in total. The molecule has 96 valence electrons. The van der Waals surface area contributed by atoms with Gasteiger partial charge in [-0.3, -0.25) is 0 Å². The Kier molecular flexibility index (Phi) is 5.14. The van der Waals surface area contributed by atoms with Crippen molar-refractivity contribution < 1.29 is 13.3 Å². The number of anilines is 1. The summed E-state index contributed by atoms with van der Waals surface area (Å²) in [6, 6.07) is 5.79. The van der Waals surface area contributed by atoms with E-state index in [1.165, 1.54) is 0 Å². The molecule has 4 nitrogen and oxygen atoms in total. The lowest BCUT2D eigenvalue weighted by Gasteiger charge is -2.27. The Balaban J connectivity index is 3.18. The molecule has 0 aromatic heterocycles. The number of hydrogen-bond donors (Lipinski definition) is 1. The predicted molar refractivity (Wildman–Crippen MR) is 71.2 cm³/mol. The molecule has 0 fully saturated rings. The van der Waals surface area contributed by atoms with Crippen molar-refractivity contribution in [3.63, 3.8) is 0 Å². The van der Waals surface area contributed by atoms with Gasteiger partial charge in [0.05, 0.1) is 0 Å². The van der Waals surface area contributed by atoms with Gasteiger partial charge < -0.3 is 19.0 Å². The molecule has 1 aromatic carbocycles. The average Bonchev–Trinajstić information content (AvgIpc) is 2.27. The molecule has 0 saturated carbocycles. The Hall–Kier alpha value is -0.883. The van der Waals surface area contributed by atoms with Crippen LogP contribution in [-0.2, 0) is 13.3 Å². The second-order valence-electron chi connectivity index (χ2n) is 3.76. The molecule has 0 aliphatic carbocycles. The topological polar surface area (TPSA) is 53.7 Å². The smallest absolute Gasteiger partial charge is 0.399 e. The van der Waals surface area contributed by atoms with Crippen LogP contribution >= 0.6 is 0 Å². The second kappa shape index (κ2) is 6.16. The van der Waals surface area contributed by atoms with Crippen LogP contribution in [0.4, 0.5) is 5.69 Å². The zero-order chi connectivity index (χ0) is 12.9. The molecule has 0 aliphatic rings. The third kappa shape index (κ3) is 3.29. The van der Waals surface area contributed by atoms with Crippen LogP contribution in [0.2, 0.25) is 0 Å². The first-order valence-electron chi connectivity index (χ1n) is 5.78. The minimum Gasteiger partial charge on any atom is -0.399 e. The lowest BCUT2D eigenvalue weighted by Crippen LogP contribution is -2.56. The third-order valence-corrected chi connectivity index (χ3v) is 5.26. The second-order valence-corrected chi connectivity index (χ2v) is 6.43. The highest BCUT2D eigenvalue weighted by molar-refractivity contribution is 6.75. The van der Waals surface area contributed by atoms with Crippen molar-refractivity contribution >= 4 is 19.7 Å². The summed E-state index contributed by atoms with van der Waals surface area (Å²) in [5, 5.41) is 0.918. The Morgan fingerprint density at radius 1 is 1.12 bits per heavy atom. The summed E-state index contributed by atoms with van der Waals surface area (Å²) >= 11 is 0. The van der Waals surface area contributed by atoms with E-state index >= 15 is 0 Å². The maximum atomic E-state index is 5.86. The van der Waals surface area contributed by atoms with Gasteiger partial charge in [0.2, 0.25) is 0 Å². The summed E-state index contributed by atoms with van der Waals surface area (Å²) in [6.07, 6.45) is 0. The summed E-state index contributed by atoms with van der Waals surface area (Å²) in [6.45, 7) is 6.95. The normalized spacial score (nSPS) is 11.8. The van der Waals surface area contributed by atoms with Crippen molar-refractivity contribution in [2.75, 3.05) is 26.1 Å². The zero-order valence-electron chi connectivity index (χ0n) is 10.9. The number of benzene rings is 1. The van der Waals surface area contributed by atoms with Gasteiger partial charge in [-0.05, 0) is 38.5 Å². The Bertz CT molecular complexity index is 345. The van der Waals surface area contributed by atoms with Gasteiger partial charge in [0.1, 0.15) is 0 Å². The van der Waals surface area contributed by atoms with Crippen LogP contribution in [0.15, 0.2) is 18.2 Å². The van der Waals surface area contributed by atoms with Gasteiger partial charge in [-0.25, -0.2) is 0 Å². The molecule has 0 atom stereocenters. The van der Waals surface area contributed by atoms with Gasteiger partial charge in [0, 0.05) is 31.2 Å². The van der Waals surface area contributed by atoms with Crippen LogP contribution < -0.4 is 10.9 Å². The quantitative estimate of drug-likeness (QED) is 0.617. The lowest BCUT2D eigenvalue weighted by atomic mass is 10.2. The van der Waals surface area contributed by atoms with Gasteiger partial charge in [-0.1, -0.05) is 6.07 Å². The van der Waals surface area contributed by atoms with Crippen molar-refractivity contribution in [2.45, 2.75) is 20.8 Å². The fourth-order valence-corrected chi connectivity index (χ4v) is 4.21. The van der Waals surface area contributed by atoms with E-state index in [2.05, 4.69) is 0 Å². The van der Waals surface area contributed by atoms with E-state index in [4.69, 9.17) is 19.0 Å². The summed E-state index contributed by atoms with van der Waals surface area (Å²) in [7, 11) is -1.17. The minimum absolute atomic E-state index is 0.550. The van der Waals surface area contributed by atoms with Gasteiger partial charge in [-0.15, -0.1) is 0 Å². The maximum Gasteiger partial charge on any atom is 0.537 e. The van der Waals surface area contributed by atoms with Crippen LogP contribution in [0.5, 0.6) is 0 Å². The fraction of sp³-hybridized carbons (Fsp3) is 0.500. The Labute approximate surface area is 104 Å². The van der Waals surface area contributed by atoms with E-state index in [9.17, 15) is 0 Å². The van der Waals surface area contributed by atoms with E-state index in [0.717, 1.165) is 10.8 Å². The molecule has 0 saturated heterocycles. The van der Waals surface area contributed by atoms with E-state index in [-0.39, 0.29) is 0 Å². The molecule has 0 bridgehead atoms. The Morgan fingerprint density at radius 2 is 1.71 bits per heavy atom. The highest BCUT2D eigenvalue weighted by Gasteiger charge is 2.42. The highest BCUT2D eigenvalue weighted by Crippen LogP contribution is 2.13. The molecular formula is C12H21NO3Si. The van der Waals surface area contributed by atoms with Crippen LogP contribution in [-0.4, -0.2) is 29.1 Å². The van der Waals surface area contributed by atoms with Crippen molar-refractivity contribution in [1.82, 2.24) is 0 Å². The van der Waals surface area contributed by atoms with Gasteiger partial charge in [0.25, 0.3) is 0 Å². The molecule has 0 radical (unpaired) electrons. The largest absolute Gasteiger partial charge is 0.537 e. The number of hydrogen-bond acceptors (Lipinski definition) is 4. The van der Waals surface area contributed by atoms with E-state index in [0.29, 0.717) is 18.9 Å². The first kappa shape index (κ1) is 14.2. The van der Waals surface area contributed by atoms with Crippen LogP contribution in [0.1, 0.15) is 19.4 Å². The van der Waals surface area contributed by atoms with E-state index in [1.807, 2.05) is 39.0 Å². The van der Waals surface area contributed by atoms with Crippen molar-refractivity contribution in [2.24, 2.45) is 0 Å². The molecule has 0 spiro atoms. The summed E-state index contributed by atoms with van der Waals surface area (Å²) in [4.78, 5) is 0. The molecule has 0 unspecified atom stereocenters. The van der Waals surface area contributed by atoms with Gasteiger partial charge in [-0.2, -0.15) is 0 Å². The molecule has 0 heterocycles. The zero-order valence-corrected chi connectivity index (χ0v) is 11.9. The SMILES string of the molecule is CCO[Si](OC)(OCC)c1cc(C)cc(N)c1. The van der Waals surface area contributed by atoms with Gasteiger partial charge >= 0.3 is 8.80 Å². The molecule has 1 aromatic rings. The minimum atomic E-state index is -2.79. The maximum absolute atomic E-state index is 5.86. The molecular weight excluding hydrogens is 234 g/mol. The highest BCUT2D eigenvalue weighted by atomic mass is 28.4. The number of rotatable bonds is 6. The third-order valence-electron chi connectivity index (χ3n) is 2.39. The van der Waals surface area contributed by atoms with Crippen LogP contribution in [0.25, 0.3) is 0 Å². The summed E-state index contributed by atoms with van der Waals surface area (Å²) < 4.78 is 17.1. The summed E-state index contributed by atoms with van der Waals surface area (Å²) in [5.41, 5.74) is 7.64. The molecule has 5 heteroatoms. The average molecular weight is 255 g/mol. The van der Waals surface area contributed by atoms with Gasteiger partial charge in [0.15, 0.2) is 0 Å². The molecule has 1 rings (SSSR count). The first-order valence-corrected chi connectivity index (χ1v) is 7.51. The number of nitrogen functional groups attached to an aromatic ring is 1.